The molecule has 0 saturated heterocycles. The largest absolute Gasteiger partial charge is 0.497 e. The molecule has 0 aromatic heterocycles. The Balaban J connectivity index is 2.04. The molecule has 0 radical (unpaired) electrons. The average Bonchev–Trinajstić information content (AvgIpc) is 2.50. The summed E-state index contributed by atoms with van der Waals surface area (Å²) in [5.74, 6) is 0.694. The fourth-order valence-electron chi connectivity index (χ4n) is 2.59. The van der Waals surface area contributed by atoms with E-state index >= 15 is 0 Å². The number of nitrogens with one attached hydrogen (secondary N) is 1. The van der Waals surface area contributed by atoms with Crippen molar-refractivity contribution in [3.05, 3.63) is 65.0 Å². The summed E-state index contributed by atoms with van der Waals surface area (Å²) in [6.45, 7) is 1.95. The van der Waals surface area contributed by atoms with E-state index in [0.29, 0.717) is 0 Å². The molecule has 2 aromatic carbocycles. The molecule has 3 heteroatoms. The number of halogens is 1. The van der Waals surface area contributed by atoms with Crippen LogP contribution in [0.3, 0.4) is 0 Å². The smallest absolute Gasteiger partial charge is 0.123 e. The molecule has 0 heterocycles. The van der Waals surface area contributed by atoms with Crippen molar-refractivity contribution in [2.45, 2.75) is 25.8 Å². The van der Waals surface area contributed by atoms with Crippen molar-refractivity contribution >= 4 is 0 Å². The molecule has 1 atom stereocenters. The Morgan fingerprint density at radius 2 is 1.86 bits per heavy atom. The van der Waals surface area contributed by atoms with Gasteiger partial charge in [0.1, 0.15) is 11.6 Å². The fourth-order valence-corrected chi connectivity index (χ4v) is 2.59. The van der Waals surface area contributed by atoms with Crippen molar-refractivity contribution in [2.24, 2.45) is 0 Å². The van der Waals surface area contributed by atoms with Crippen LogP contribution in [0.15, 0.2) is 42.5 Å². The lowest BCUT2D eigenvalue weighted by Gasteiger charge is -2.19. The molecule has 0 aliphatic rings. The molecule has 0 fully saturated rings. The molecular formula is C18H22FNO. The van der Waals surface area contributed by atoms with Gasteiger partial charge in [-0.1, -0.05) is 18.2 Å². The normalized spacial score (nSPS) is 12.2. The Bertz CT molecular complexity index is 580. The number of benzene rings is 2. The maximum atomic E-state index is 13.2. The lowest BCUT2D eigenvalue weighted by atomic mass is 9.95. The van der Waals surface area contributed by atoms with Crippen molar-refractivity contribution in [2.75, 3.05) is 14.2 Å². The van der Waals surface area contributed by atoms with Gasteiger partial charge in [-0.15, -0.1) is 0 Å². The highest BCUT2D eigenvalue weighted by Gasteiger charge is 2.12. The number of aryl methyl sites for hydroxylation is 2. The first-order chi connectivity index (χ1) is 10.1. The van der Waals surface area contributed by atoms with Crippen LogP contribution in [0.2, 0.25) is 0 Å². The van der Waals surface area contributed by atoms with E-state index in [-0.39, 0.29) is 11.9 Å². The molecule has 0 spiro atoms. The van der Waals surface area contributed by atoms with Gasteiger partial charge in [-0.2, -0.15) is 0 Å². The first-order valence-corrected chi connectivity index (χ1v) is 7.20. The number of hydrogen-bond donors (Lipinski definition) is 1. The van der Waals surface area contributed by atoms with E-state index in [1.807, 2.05) is 32.2 Å². The molecule has 21 heavy (non-hydrogen) atoms. The highest BCUT2D eigenvalue weighted by Crippen LogP contribution is 2.23. The van der Waals surface area contributed by atoms with Crippen molar-refractivity contribution in [3.63, 3.8) is 0 Å². The molecule has 0 saturated carbocycles. The maximum Gasteiger partial charge on any atom is 0.123 e. The van der Waals surface area contributed by atoms with Crippen LogP contribution in [0.25, 0.3) is 0 Å². The minimum atomic E-state index is -0.179. The van der Waals surface area contributed by atoms with Crippen molar-refractivity contribution in [3.8, 4) is 5.75 Å². The van der Waals surface area contributed by atoms with E-state index in [9.17, 15) is 4.39 Å². The Morgan fingerprint density at radius 3 is 2.43 bits per heavy atom. The van der Waals surface area contributed by atoms with Crippen LogP contribution >= 0.6 is 0 Å². The Hall–Kier alpha value is -1.87. The Morgan fingerprint density at radius 1 is 1.14 bits per heavy atom. The van der Waals surface area contributed by atoms with Gasteiger partial charge in [0.2, 0.25) is 0 Å². The molecule has 1 N–H and O–H groups in total. The molecule has 2 rings (SSSR count). The Kier molecular flexibility index (Phi) is 5.34. The standard InChI is InChI=1S/C18H22FNO/c1-13-12-15(19)7-10-17(13)18(20-2)11-6-14-4-8-16(21-3)9-5-14/h4-5,7-10,12,18,20H,6,11H2,1-3H3. The molecule has 2 nitrogen and oxygen atoms in total. The third-order valence-corrected chi connectivity index (χ3v) is 3.84. The van der Waals surface area contributed by atoms with Gasteiger partial charge in [0.15, 0.2) is 0 Å². The molecular weight excluding hydrogens is 265 g/mol. The minimum Gasteiger partial charge on any atom is -0.497 e. The molecule has 2 aromatic rings. The Labute approximate surface area is 126 Å². The summed E-state index contributed by atoms with van der Waals surface area (Å²) in [4.78, 5) is 0. The lowest BCUT2D eigenvalue weighted by molar-refractivity contribution is 0.414. The second kappa shape index (κ2) is 7.23. The summed E-state index contributed by atoms with van der Waals surface area (Å²) < 4.78 is 18.4. The van der Waals surface area contributed by atoms with Crippen LogP contribution in [0, 0.1) is 12.7 Å². The molecule has 1 unspecified atom stereocenters. The van der Waals surface area contributed by atoms with Crippen molar-refractivity contribution in [1.29, 1.82) is 0 Å². The van der Waals surface area contributed by atoms with Gasteiger partial charge in [0.25, 0.3) is 0 Å². The molecule has 0 amide bonds. The number of methoxy groups -OCH3 is 1. The van der Waals surface area contributed by atoms with Gasteiger partial charge in [-0.3, -0.25) is 0 Å². The van der Waals surface area contributed by atoms with Gasteiger partial charge in [-0.05, 0) is 67.8 Å². The van der Waals surface area contributed by atoms with Gasteiger partial charge in [0, 0.05) is 6.04 Å². The van der Waals surface area contributed by atoms with Gasteiger partial charge in [0.05, 0.1) is 7.11 Å². The first kappa shape index (κ1) is 15.5. The monoisotopic (exact) mass is 287 g/mol. The summed E-state index contributed by atoms with van der Waals surface area (Å²) in [7, 11) is 3.62. The van der Waals surface area contributed by atoms with Crippen LogP contribution < -0.4 is 10.1 Å². The number of ether oxygens (including phenoxy) is 1. The lowest BCUT2D eigenvalue weighted by Crippen LogP contribution is -2.18. The zero-order valence-corrected chi connectivity index (χ0v) is 12.8. The second-order valence-corrected chi connectivity index (χ2v) is 5.23. The summed E-state index contributed by atoms with van der Waals surface area (Å²) in [5, 5.41) is 3.32. The zero-order chi connectivity index (χ0) is 15.2. The summed E-state index contributed by atoms with van der Waals surface area (Å²) in [5.41, 5.74) is 3.42. The van der Waals surface area contributed by atoms with Crippen LogP contribution in [-0.2, 0) is 6.42 Å². The maximum absolute atomic E-state index is 13.2. The summed E-state index contributed by atoms with van der Waals surface area (Å²) in [6, 6.07) is 13.4. The van der Waals surface area contributed by atoms with Crippen LogP contribution in [0.1, 0.15) is 29.2 Å². The zero-order valence-electron chi connectivity index (χ0n) is 12.8. The highest BCUT2D eigenvalue weighted by molar-refractivity contribution is 5.31. The molecule has 0 aliphatic heterocycles. The van der Waals surface area contributed by atoms with Crippen LogP contribution in [0.4, 0.5) is 4.39 Å². The minimum absolute atomic E-state index is 0.179. The van der Waals surface area contributed by atoms with Crippen molar-refractivity contribution < 1.29 is 9.13 Å². The molecule has 112 valence electrons. The number of hydrogen-bond acceptors (Lipinski definition) is 2. The quantitative estimate of drug-likeness (QED) is 0.866. The van der Waals surface area contributed by atoms with E-state index in [1.54, 1.807) is 13.2 Å². The van der Waals surface area contributed by atoms with E-state index < -0.39 is 0 Å². The van der Waals surface area contributed by atoms with E-state index in [1.165, 1.54) is 11.6 Å². The third-order valence-electron chi connectivity index (χ3n) is 3.84. The topological polar surface area (TPSA) is 21.3 Å². The average molecular weight is 287 g/mol. The van der Waals surface area contributed by atoms with Crippen LogP contribution in [0.5, 0.6) is 5.75 Å². The van der Waals surface area contributed by atoms with Gasteiger partial charge in [-0.25, -0.2) is 4.39 Å². The second-order valence-electron chi connectivity index (χ2n) is 5.23. The molecule has 0 aliphatic carbocycles. The first-order valence-electron chi connectivity index (χ1n) is 7.20. The van der Waals surface area contributed by atoms with Gasteiger partial charge < -0.3 is 10.1 Å². The summed E-state index contributed by atoms with van der Waals surface area (Å²) in [6.07, 6.45) is 1.93. The predicted molar refractivity (Wildman–Crippen MR) is 84.3 cm³/mol. The molecule has 0 bridgehead atoms. The number of rotatable bonds is 6. The van der Waals surface area contributed by atoms with Crippen molar-refractivity contribution in [1.82, 2.24) is 5.32 Å². The van der Waals surface area contributed by atoms with E-state index in [0.717, 1.165) is 29.7 Å². The van der Waals surface area contributed by atoms with Gasteiger partial charge >= 0.3 is 0 Å². The predicted octanol–water partition coefficient (Wildman–Crippen LogP) is 4.04. The van der Waals surface area contributed by atoms with Crippen LogP contribution in [-0.4, -0.2) is 14.2 Å². The van der Waals surface area contributed by atoms with E-state index in [4.69, 9.17) is 4.74 Å². The van der Waals surface area contributed by atoms with E-state index in [2.05, 4.69) is 17.4 Å². The highest BCUT2D eigenvalue weighted by atomic mass is 19.1. The SMILES string of the molecule is CNC(CCc1ccc(OC)cc1)c1ccc(F)cc1C. The third kappa shape index (κ3) is 4.05. The summed E-state index contributed by atoms with van der Waals surface area (Å²) >= 11 is 0. The fraction of sp³-hybridized carbons (Fsp3) is 0.333.